The zero-order valence-electron chi connectivity index (χ0n) is 15.1. The van der Waals surface area contributed by atoms with Crippen molar-refractivity contribution >= 4 is 38.4 Å². The summed E-state index contributed by atoms with van der Waals surface area (Å²) in [5.74, 6) is 0.732. The van der Waals surface area contributed by atoms with Crippen molar-refractivity contribution in [2.75, 3.05) is 7.05 Å². The van der Waals surface area contributed by atoms with Gasteiger partial charge in [0.15, 0.2) is 0 Å². The lowest BCUT2D eigenvalue weighted by atomic mass is 10.1. The van der Waals surface area contributed by atoms with Crippen molar-refractivity contribution in [3.63, 3.8) is 0 Å². The number of rotatable bonds is 5. The van der Waals surface area contributed by atoms with Gasteiger partial charge < -0.3 is 9.32 Å². The Hall–Kier alpha value is -2.93. The molecule has 1 aromatic carbocycles. The minimum absolute atomic E-state index is 0.0363. The first-order valence-corrected chi connectivity index (χ1v) is 9.62. The lowest BCUT2D eigenvalue weighted by Crippen LogP contribution is -2.33. The van der Waals surface area contributed by atoms with Gasteiger partial charge in [-0.15, -0.1) is 11.3 Å². The van der Waals surface area contributed by atoms with Crippen LogP contribution in [0.3, 0.4) is 0 Å². The number of para-hydroxylation sites is 1. The van der Waals surface area contributed by atoms with Gasteiger partial charge in [0.1, 0.15) is 22.7 Å². The number of likely N-dealkylation sites (N-methyl/N-ethyl adjacent to an activating group) is 1. The third-order valence-corrected chi connectivity index (χ3v) is 5.50. The van der Waals surface area contributed by atoms with Gasteiger partial charge in [-0.3, -0.25) is 14.2 Å². The summed E-state index contributed by atoms with van der Waals surface area (Å²) in [6, 6.07) is 9.57. The van der Waals surface area contributed by atoms with Crippen molar-refractivity contribution < 1.29 is 9.21 Å². The normalized spacial score (nSPS) is 11.3. The van der Waals surface area contributed by atoms with Gasteiger partial charge in [0.2, 0.25) is 5.91 Å². The highest BCUT2D eigenvalue weighted by atomic mass is 32.1. The van der Waals surface area contributed by atoms with Crippen LogP contribution in [-0.4, -0.2) is 27.4 Å². The number of hydrogen-bond donors (Lipinski definition) is 0. The Bertz CT molecular complexity index is 1190. The van der Waals surface area contributed by atoms with Crippen LogP contribution >= 0.6 is 11.3 Å². The Labute approximate surface area is 159 Å². The molecule has 3 heterocycles. The van der Waals surface area contributed by atoms with E-state index in [-0.39, 0.29) is 18.0 Å². The molecule has 0 atom stereocenters. The molecule has 1 amide bonds. The van der Waals surface area contributed by atoms with E-state index in [0.717, 1.165) is 28.7 Å². The van der Waals surface area contributed by atoms with Crippen molar-refractivity contribution in [3.8, 4) is 0 Å². The van der Waals surface area contributed by atoms with Crippen molar-refractivity contribution in [2.45, 2.75) is 26.4 Å². The zero-order valence-corrected chi connectivity index (χ0v) is 16.0. The maximum Gasteiger partial charge on any atom is 0.262 e. The zero-order chi connectivity index (χ0) is 19.0. The van der Waals surface area contributed by atoms with Gasteiger partial charge in [-0.2, -0.15) is 0 Å². The Morgan fingerprint density at radius 3 is 2.89 bits per heavy atom. The first-order chi connectivity index (χ1) is 13.1. The third kappa shape index (κ3) is 3.14. The van der Waals surface area contributed by atoms with Crippen LogP contribution in [0.2, 0.25) is 0 Å². The number of aryl methyl sites for hydroxylation is 1. The van der Waals surface area contributed by atoms with E-state index in [2.05, 4.69) is 4.98 Å². The predicted molar refractivity (Wildman–Crippen MR) is 106 cm³/mol. The van der Waals surface area contributed by atoms with Crippen LogP contribution in [0, 0.1) is 0 Å². The summed E-state index contributed by atoms with van der Waals surface area (Å²) < 4.78 is 7.27. The van der Waals surface area contributed by atoms with Crippen LogP contribution < -0.4 is 5.56 Å². The Morgan fingerprint density at radius 1 is 1.26 bits per heavy atom. The van der Waals surface area contributed by atoms with Crippen molar-refractivity contribution in [3.05, 3.63) is 63.7 Å². The highest BCUT2D eigenvalue weighted by Gasteiger charge is 2.18. The van der Waals surface area contributed by atoms with Crippen LogP contribution in [0.15, 0.2) is 51.3 Å². The number of aromatic nitrogens is 2. The summed E-state index contributed by atoms with van der Waals surface area (Å²) in [4.78, 5) is 31.8. The summed E-state index contributed by atoms with van der Waals surface area (Å²) >= 11 is 1.41. The van der Waals surface area contributed by atoms with E-state index in [4.69, 9.17) is 4.42 Å². The average Bonchev–Trinajstić information content (AvgIpc) is 3.29. The van der Waals surface area contributed by atoms with Gasteiger partial charge in [-0.1, -0.05) is 25.1 Å². The van der Waals surface area contributed by atoms with E-state index in [9.17, 15) is 9.59 Å². The minimum atomic E-state index is -0.189. The molecule has 0 bridgehead atoms. The molecule has 0 aliphatic carbocycles. The molecule has 0 N–H and O–H groups in total. The van der Waals surface area contributed by atoms with Crippen LogP contribution in [-0.2, 0) is 24.3 Å². The van der Waals surface area contributed by atoms with E-state index in [1.165, 1.54) is 22.2 Å². The molecule has 4 aromatic rings. The number of amides is 1. The summed E-state index contributed by atoms with van der Waals surface area (Å²) in [7, 11) is 1.74. The fourth-order valence-electron chi connectivity index (χ4n) is 3.21. The number of nitrogens with zero attached hydrogens (tertiary/aromatic N) is 3. The van der Waals surface area contributed by atoms with E-state index >= 15 is 0 Å². The van der Waals surface area contributed by atoms with E-state index in [1.54, 1.807) is 18.0 Å². The van der Waals surface area contributed by atoms with Crippen molar-refractivity contribution in [2.24, 2.45) is 0 Å². The predicted octanol–water partition coefficient (Wildman–Crippen LogP) is 3.43. The lowest BCUT2D eigenvalue weighted by molar-refractivity contribution is -0.131. The third-order valence-electron chi connectivity index (χ3n) is 4.68. The lowest BCUT2D eigenvalue weighted by Gasteiger charge is -2.18. The molecule has 0 spiro atoms. The number of hydrogen-bond acceptors (Lipinski definition) is 5. The van der Waals surface area contributed by atoms with Crippen LogP contribution in [0.1, 0.15) is 18.2 Å². The molecule has 0 saturated carbocycles. The SMILES string of the molecule is CCc1oc2ccccc2c1CN(C)C(=O)Cn1cnc2sccc2c1=O. The molecular formula is C20H19N3O3S. The number of carbonyl (C=O) groups is 1. The van der Waals surface area contributed by atoms with Crippen molar-refractivity contribution in [1.29, 1.82) is 0 Å². The second kappa shape index (κ2) is 7.00. The largest absolute Gasteiger partial charge is 0.461 e. The van der Waals surface area contributed by atoms with Gasteiger partial charge in [0.05, 0.1) is 11.7 Å². The Kier molecular flexibility index (Phi) is 4.53. The smallest absolute Gasteiger partial charge is 0.262 e. The van der Waals surface area contributed by atoms with Gasteiger partial charge in [-0.25, -0.2) is 4.98 Å². The molecule has 3 aromatic heterocycles. The maximum absolute atomic E-state index is 12.7. The van der Waals surface area contributed by atoms with E-state index in [1.807, 2.05) is 36.6 Å². The Morgan fingerprint density at radius 2 is 2.07 bits per heavy atom. The standard InChI is InChI=1S/C20H19N3O3S/c1-3-16-15(13-6-4-5-7-17(13)26-16)10-22(2)18(24)11-23-12-21-19-14(20(23)25)8-9-27-19/h4-9,12H,3,10-11H2,1-2H3. The molecule has 0 unspecified atom stereocenters. The number of fused-ring (bicyclic) bond motifs is 2. The fourth-order valence-corrected chi connectivity index (χ4v) is 3.93. The molecule has 4 rings (SSSR count). The molecule has 27 heavy (non-hydrogen) atoms. The van der Waals surface area contributed by atoms with Crippen LogP contribution in [0.4, 0.5) is 0 Å². The van der Waals surface area contributed by atoms with Crippen LogP contribution in [0.25, 0.3) is 21.2 Å². The number of carbonyl (C=O) groups excluding carboxylic acids is 1. The monoisotopic (exact) mass is 381 g/mol. The molecule has 0 aliphatic heterocycles. The molecule has 138 valence electrons. The van der Waals surface area contributed by atoms with Gasteiger partial charge in [0, 0.05) is 31.0 Å². The van der Waals surface area contributed by atoms with E-state index < -0.39 is 0 Å². The van der Waals surface area contributed by atoms with E-state index in [0.29, 0.717) is 16.8 Å². The maximum atomic E-state index is 12.7. The first-order valence-electron chi connectivity index (χ1n) is 8.74. The molecule has 0 radical (unpaired) electrons. The molecule has 7 heteroatoms. The number of thiophene rings is 1. The summed E-state index contributed by atoms with van der Waals surface area (Å²) in [6.45, 7) is 2.43. The summed E-state index contributed by atoms with van der Waals surface area (Å²) in [5.41, 5.74) is 1.65. The molecular weight excluding hydrogens is 362 g/mol. The summed E-state index contributed by atoms with van der Waals surface area (Å²) in [6.07, 6.45) is 2.20. The van der Waals surface area contributed by atoms with Gasteiger partial charge >= 0.3 is 0 Å². The van der Waals surface area contributed by atoms with Crippen LogP contribution in [0.5, 0.6) is 0 Å². The van der Waals surface area contributed by atoms with Crippen molar-refractivity contribution in [1.82, 2.24) is 14.5 Å². The fraction of sp³-hybridized carbons (Fsp3) is 0.250. The number of benzene rings is 1. The molecule has 6 nitrogen and oxygen atoms in total. The Balaban J connectivity index is 1.58. The highest BCUT2D eigenvalue weighted by molar-refractivity contribution is 7.16. The molecule has 0 fully saturated rings. The topological polar surface area (TPSA) is 68.3 Å². The first kappa shape index (κ1) is 17.5. The second-order valence-electron chi connectivity index (χ2n) is 6.42. The van der Waals surface area contributed by atoms with Gasteiger partial charge in [0.25, 0.3) is 5.56 Å². The molecule has 0 aliphatic rings. The highest BCUT2D eigenvalue weighted by Crippen LogP contribution is 2.27. The van der Waals surface area contributed by atoms with Gasteiger partial charge in [-0.05, 0) is 17.5 Å². The average molecular weight is 381 g/mol. The summed E-state index contributed by atoms with van der Waals surface area (Å²) in [5, 5.41) is 3.40. The quantitative estimate of drug-likeness (QED) is 0.531. The molecule has 0 saturated heterocycles. The second-order valence-corrected chi connectivity index (χ2v) is 7.31. The minimum Gasteiger partial charge on any atom is -0.461 e. The number of furan rings is 1.